The molecule has 0 aliphatic heterocycles. The molecule has 0 saturated heterocycles. The number of aryl methyl sites for hydroxylation is 1. The molecule has 0 spiro atoms. The van der Waals surface area contributed by atoms with Gasteiger partial charge in [-0.1, -0.05) is 25.5 Å². The van der Waals surface area contributed by atoms with Gasteiger partial charge in [0.1, 0.15) is 11.6 Å². The van der Waals surface area contributed by atoms with E-state index in [0.717, 1.165) is 30.5 Å². The first-order valence-corrected chi connectivity index (χ1v) is 10.0. The van der Waals surface area contributed by atoms with Gasteiger partial charge in [0.15, 0.2) is 17.4 Å². The maximum atomic E-state index is 14.6. The lowest BCUT2D eigenvalue weighted by atomic mass is 10.1. The molecule has 0 amide bonds. The van der Waals surface area contributed by atoms with Gasteiger partial charge in [-0.15, -0.1) is 0 Å². The van der Waals surface area contributed by atoms with Crippen LogP contribution >= 0.6 is 0 Å². The zero-order valence-electron chi connectivity index (χ0n) is 17.7. The molecule has 0 aliphatic rings. The van der Waals surface area contributed by atoms with E-state index in [1.807, 2.05) is 6.92 Å². The van der Waals surface area contributed by atoms with Crippen molar-refractivity contribution < 1.29 is 40.2 Å². The van der Waals surface area contributed by atoms with Gasteiger partial charge in [0.2, 0.25) is 0 Å². The SMILES string of the molecule is CCCc1ccc(-c2ccc(C(F)(F)Oc3cc(F)c(OC=CC(F)F)c(F)c3)c(F)c2)nc1. The fourth-order valence-electron chi connectivity index (χ4n) is 3.02. The summed E-state index contributed by atoms with van der Waals surface area (Å²) in [6, 6.07) is 7.00. The van der Waals surface area contributed by atoms with Crippen LogP contribution in [-0.2, 0) is 12.5 Å². The molecule has 0 saturated carbocycles. The monoisotopic (exact) mass is 485 g/mol. The normalized spacial score (nSPS) is 11.9. The van der Waals surface area contributed by atoms with Crippen molar-refractivity contribution in [2.24, 2.45) is 0 Å². The topological polar surface area (TPSA) is 31.4 Å². The molecule has 0 fully saturated rings. The Hall–Kier alpha value is -3.56. The molecule has 3 nitrogen and oxygen atoms in total. The predicted molar refractivity (Wildman–Crippen MR) is 110 cm³/mol. The van der Waals surface area contributed by atoms with Crippen LogP contribution in [-0.4, -0.2) is 11.4 Å². The van der Waals surface area contributed by atoms with Crippen molar-refractivity contribution >= 4 is 0 Å². The second kappa shape index (κ2) is 10.6. The van der Waals surface area contributed by atoms with Crippen molar-refractivity contribution in [3.05, 3.63) is 89.6 Å². The highest BCUT2D eigenvalue weighted by molar-refractivity contribution is 5.60. The second-order valence-electron chi connectivity index (χ2n) is 7.11. The Labute approximate surface area is 190 Å². The van der Waals surface area contributed by atoms with Crippen molar-refractivity contribution in [2.45, 2.75) is 32.3 Å². The van der Waals surface area contributed by atoms with Crippen molar-refractivity contribution in [2.75, 3.05) is 0 Å². The van der Waals surface area contributed by atoms with Crippen molar-refractivity contribution in [1.82, 2.24) is 4.98 Å². The summed E-state index contributed by atoms with van der Waals surface area (Å²) in [5, 5.41) is 0. The van der Waals surface area contributed by atoms with Crippen LogP contribution in [0.1, 0.15) is 24.5 Å². The molecule has 0 unspecified atom stereocenters. The van der Waals surface area contributed by atoms with Crippen LogP contribution in [0.2, 0.25) is 0 Å². The van der Waals surface area contributed by atoms with E-state index in [4.69, 9.17) is 0 Å². The van der Waals surface area contributed by atoms with Crippen LogP contribution < -0.4 is 9.47 Å². The quantitative estimate of drug-likeness (QED) is 0.234. The molecule has 0 atom stereocenters. The van der Waals surface area contributed by atoms with Gasteiger partial charge in [-0.2, -0.15) is 8.78 Å². The highest BCUT2D eigenvalue weighted by Crippen LogP contribution is 2.37. The van der Waals surface area contributed by atoms with Gasteiger partial charge in [0.05, 0.1) is 17.5 Å². The van der Waals surface area contributed by atoms with Crippen LogP contribution in [0.5, 0.6) is 11.5 Å². The van der Waals surface area contributed by atoms with E-state index in [2.05, 4.69) is 14.5 Å². The minimum Gasteiger partial charge on any atom is -0.459 e. The summed E-state index contributed by atoms with van der Waals surface area (Å²) in [7, 11) is 0. The number of hydrogen-bond acceptors (Lipinski definition) is 3. The number of nitrogens with zero attached hydrogens (tertiary/aromatic N) is 1. The zero-order valence-corrected chi connectivity index (χ0v) is 17.7. The fraction of sp³-hybridized carbons (Fsp3) is 0.208. The highest BCUT2D eigenvalue weighted by Gasteiger charge is 2.38. The molecule has 1 aromatic heterocycles. The molecular weight excluding hydrogens is 467 g/mol. The number of allylic oxidation sites excluding steroid dienone is 1. The van der Waals surface area contributed by atoms with Crippen molar-refractivity contribution in [1.29, 1.82) is 0 Å². The molecule has 180 valence electrons. The maximum Gasteiger partial charge on any atom is 0.429 e. The Balaban J connectivity index is 1.80. The van der Waals surface area contributed by atoms with E-state index < -0.39 is 47.0 Å². The van der Waals surface area contributed by atoms with E-state index in [1.165, 1.54) is 6.07 Å². The minimum absolute atomic E-state index is 0.221. The fourth-order valence-corrected chi connectivity index (χ4v) is 3.02. The first kappa shape index (κ1) is 25.1. The van der Waals surface area contributed by atoms with Crippen molar-refractivity contribution in [3.8, 4) is 22.8 Å². The molecule has 3 rings (SSSR count). The average molecular weight is 485 g/mol. The van der Waals surface area contributed by atoms with E-state index in [-0.39, 0.29) is 11.6 Å². The molecule has 2 aromatic carbocycles. The Bertz CT molecular complexity index is 1140. The number of rotatable bonds is 9. The number of aromatic nitrogens is 1. The molecule has 10 heteroatoms. The zero-order chi connectivity index (χ0) is 24.9. The molecule has 1 heterocycles. The lowest BCUT2D eigenvalue weighted by Gasteiger charge is -2.19. The lowest BCUT2D eigenvalue weighted by Crippen LogP contribution is -2.23. The Morgan fingerprint density at radius 1 is 0.971 bits per heavy atom. The third kappa shape index (κ3) is 6.06. The summed E-state index contributed by atoms with van der Waals surface area (Å²) in [6.07, 6.45) is -3.31. The summed E-state index contributed by atoms with van der Waals surface area (Å²) < 4.78 is 105. The molecule has 3 aromatic rings. The highest BCUT2D eigenvalue weighted by atomic mass is 19.3. The van der Waals surface area contributed by atoms with Gasteiger partial charge in [0.25, 0.3) is 6.43 Å². The van der Waals surface area contributed by atoms with Gasteiger partial charge < -0.3 is 9.47 Å². The third-order valence-electron chi connectivity index (χ3n) is 4.57. The number of ether oxygens (including phenoxy) is 2. The van der Waals surface area contributed by atoms with E-state index in [0.29, 0.717) is 24.1 Å². The molecular formula is C24H18F7NO2. The Kier molecular flexibility index (Phi) is 7.80. The first-order chi connectivity index (χ1) is 16.1. The number of alkyl halides is 4. The average Bonchev–Trinajstić information content (AvgIpc) is 2.75. The van der Waals surface area contributed by atoms with Gasteiger partial charge in [-0.05, 0) is 30.2 Å². The number of benzene rings is 2. The number of halogens is 7. The van der Waals surface area contributed by atoms with Crippen LogP contribution in [0, 0.1) is 17.5 Å². The van der Waals surface area contributed by atoms with Crippen molar-refractivity contribution in [3.63, 3.8) is 0 Å². The summed E-state index contributed by atoms with van der Waals surface area (Å²) >= 11 is 0. The molecule has 0 N–H and O–H groups in total. The van der Waals surface area contributed by atoms with E-state index >= 15 is 0 Å². The molecule has 0 radical (unpaired) electrons. The van der Waals surface area contributed by atoms with E-state index in [1.54, 1.807) is 18.3 Å². The summed E-state index contributed by atoms with van der Waals surface area (Å²) in [6.45, 7) is 2.00. The molecule has 0 bridgehead atoms. The number of pyridine rings is 1. The summed E-state index contributed by atoms with van der Waals surface area (Å²) in [5.41, 5.74) is 0.426. The summed E-state index contributed by atoms with van der Waals surface area (Å²) in [4.78, 5) is 4.20. The lowest BCUT2D eigenvalue weighted by molar-refractivity contribution is -0.187. The second-order valence-corrected chi connectivity index (χ2v) is 7.11. The first-order valence-electron chi connectivity index (χ1n) is 10.0. The smallest absolute Gasteiger partial charge is 0.429 e. The summed E-state index contributed by atoms with van der Waals surface area (Å²) in [5.74, 6) is -6.36. The van der Waals surface area contributed by atoms with Crippen LogP contribution in [0.15, 0.2) is 61.0 Å². The van der Waals surface area contributed by atoms with E-state index in [9.17, 15) is 30.7 Å². The van der Waals surface area contributed by atoms with Crippen LogP contribution in [0.3, 0.4) is 0 Å². The number of hydrogen-bond donors (Lipinski definition) is 0. The Morgan fingerprint density at radius 2 is 1.68 bits per heavy atom. The minimum atomic E-state index is -4.29. The van der Waals surface area contributed by atoms with Gasteiger partial charge in [0, 0.05) is 30.0 Å². The standard InChI is InChI=1S/C24H18F7NO2/c1-2-3-14-4-7-21(32-13-14)15-5-6-17(18(25)10-15)24(30,31)34-16-11-19(26)23(20(27)12-16)33-9-8-22(28)29/h4-13,22H,2-3H2,1H3. The van der Waals surface area contributed by atoms with Gasteiger partial charge in [-0.25, -0.2) is 22.0 Å². The van der Waals surface area contributed by atoms with Crippen LogP contribution in [0.4, 0.5) is 30.7 Å². The predicted octanol–water partition coefficient (Wildman–Crippen LogP) is 7.40. The Morgan fingerprint density at radius 3 is 2.24 bits per heavy atom. The molecule has 0 aliphatic carbocycles. The molecule has 34 heavy (non-hydrogen) atoms. The maximum absolute atomic E-state index is 14.6. The largest absolute Gasteiger partial charge is 0.459 e. The van der Waals surface area contributed by atoms with Crippen LogP contribution in [0.25, 0.3) is 11.3 Å². The van der Waals surface area contributed by atoms with Gasteiger partial charge in [-0.3, -0.25) is 4.98 Å². The van der Waals surface area contributed by atoms with Gasteiger partial charge >= 0.3 is 6.11 Å². The third-order valence-corrected chi connectivity index (χ3v) is 4.57.